The molecule has 2 aliphatic heterocycles. The maximum atomic E-state index is 12.8. The number of methoxy groups -OCH3 is 1. The zero-order chi connectivity index (χ0) is 21.5. The minimum Gasteiger partial charge on any atom is -0.493 e. The van der Waals surface area contributed by atoms with Gasteiger partial charge in [0.2, 0.25) is 0 Å². The number of furan rings is 1. The van der Waals surface area contributed by atoms with Gasteiger partial charge in [-0.3, -0.25) is 9.69 Å². The molecule has 0 radical (unpaired) electrons. The van der Waals surface area contributed by atoms with Crippen molar-refractivity contribution < 1.29 is 23.4 Å². The first-order valence-electron chi connectivity index (χ1n) is 11.2. The van der Waals surface area contributed by atoms with Gasteiger partial charge in [0.25, 0.3) is 5.91 Å². The zero-order valence-corrected chi connectivity index (χ0v) is 18.3. The van der Waals surface area contributed by atoms with Crippen molar-refractivity contribution in [1.82, 2.24) is 9.80 Å². The van der Waals surface area contributed by atoms with Crippen molar-refractivity contribution in [1.29, 1.82) is 0 Å². The quantitative estimate of drug-likeness (QED) is 0.640. The lowest BCUT2D eigenvalue weighted by Gasteiger charge is -2.35. The van der Waals surface area contributed by atoms with Gasteiger partial charge in [-0.2, -0.15) is 0 Å². The summed E-state index contributed by atoms with van der Waals surface area (Å²) in [4.78, 5) is 17.1. The van der Waals surface area contributed by atoms with Gasteiger partial charge in [-0.25, -0.2) is 0 Å². The molecule has 1 unspecified atom stereocenters. The van der Waals surface area contributed by atoms with Gasteiger partial charge < -0.3 is 23.5 Å². The second kappa shape index (κ2) is 10.7. The highest BCUT2D eigenvalue weighted by atomic mass is 16.5. The fourth-order valence-electron chi connectivity index (χ4n) is 4.36. The lowest BCUT2D eigenvalue weighted by Crippen LogP contribution is -2.44. The van der Waals surface area contributed by atoms with Gasteiger partial charge >= 0.3 is 0 Å². The smallest absolute Gasteiger partial charge is 0.289 e. The Labute approximate surface area is 183 Å². The highest BCUT2D eigenvalue weighted by Gasteiger charge is 2.28. The summed E-state index contributed by atoms with van der Waals surface area (Å²) in [6, 6.07) is 9.78. The number of nitrogens with zero attached hydrogens (tertiary/aromatic N) is 2. The van der Waals surface area contributed by atoms with Crippen LogP contribution in [-0.4, -0.2) is 68.3 Å². The minimum atomic E-state index is -0.0280. The summed E-state index contributed by atoms with van der Waals surface area (Å²) in [5.41, 5.74) is 1.20. The summed E-state index contributed by atoms with van der Waals surface area (Å²) in [6.45, 7) is 5.64. The first kappa shape index (κ1) is 21.7. The van der Waals surface area contributed by atoms with E-state index in [2.05, 4.69) is 17.0 Å². The van der Waals surface area contributed by atoms with E-state index in [-0.39, 0.29) is 11.9 Å². The summed E-state index contributed by atoms with van der Waals surface area (Å²) < 4.78 is 22.4. The Morgan fingerprint density at radius 1 is 1.13 bits per heavy atom. The van der Waals surface area contributed by atoms with E-state index >= 15 is 0 Å². The van der Waals surface area contributed by atoms with Crippen molar-refractivity contribution in [2.75, 3.05) is 46.6 Å². The molecule has 1 aromatic heterocycles. The largest absolute Gasteiger partial charge is 0.493 e. The second-order valence-corrected chi connectivity index (χ2v) is 8.14. The summed E-state index contributed by atoms with van der Waals surface area (Å²) in [6.07, 6.45) is 5.48. The molecule has 1 aromatic carbocycles. The topological polar surface area (TPSA) is 64.4 Å². The molecule has 168 valence electrons. The molecule has 7 nitrogen and oxygen atoms in total. The van der Waals surface area contributed by atoms with Crippen LogP contribution in [0.1, 0.15) is 41.8 Å². The number of amides is 1. The van der Waals surface area contributed by atoms with Crippen molar-refractivity contribution in [3.8, 4) is 11.5 Å². The predicted molar refractivity (Wildman–Crippen MR) is 117 cm³/mol. The van der Waals surface area contributed by atoms with E-state index in [9.17, 15) is 4.79 Å². The number of piperidine rings is 1. The Hall–Kier alpha value is -2.51. The van der Waals surface area contributed by atoms with E-state index in [0.29, 0.717) is 12.4 Å². The molecule has 2 saturated heterocycles. The molecule has 7 heteroatoms. The molecule has 0 spiro atoms. The number of rotatable bonds is 8. The molecule has 0 saturated carbocycles. The number of likely N-dealkylation sites (tertiary alicyclic amines) is 1. The van der Waals surface area contributed by atoms with E-state index in [1.807, 2.05) is 11.0 Å². The van der Waals surface area contributed by atoms with Gasteiger partial charge in [0.1, 0.15) is 0 Å². The van der Waals surface area contributed by atoms with Crippen molar-refractivity contribution >= 4 is 5.91 Å². The second-order valence-electron chi connectivity index (χ2n) is 8.14. The lowest BCUT2D eigenvalue weighted by molar-refractivity contribution is 0.0341. The molecule has 2 aromatic rings. The van der Waals surface area contributed by atoms with Crippen molar-refractivity contribution in [2.24, 2.45) is 0 Å². The molecular formula is C24H32N2O5. The fourth-order valence-corrected chi connectivity index (χ4v) is 4.36. The molecule has 0 bridgehead atoms. The first-order valence-corrected chi connectivity index (χ1v) is 11.2. The van der Waals surface area contributed by atoms with E-state index in [0.717, 1.165) is 76.6 Å². The van der Waals surface area contributed by atoms with Crippen LogP contribution in [0.3, 0.4) is 0 Å². The van der Waals surface area contributed by atoms with E-state index in [1.54, 1.807) is 25.5 Å². The molecule has 31 heavy (non-hydrogen) atoms. The Bertz CT molecular complexity index is 833. The molecule has 2 fully saturated rings. The number of carbonyl (C=O) groups excluding carboxylic acids is 1. The number of benzene rings is 1. The fraction of sp³-hybridized carbons (Fsp3) is 0.542. The van der Waals surface area contributed by atoms with Gasteiger partial charge in [-0.1, -0.05) is 6.07 Å². The minimum absolute atomic E-state index is 0.0280. The number of ether oxygens (including phenoxy) is 3. The van der Waals surface area contributed by atoms with Crippen LogP contribution in [-0.2, 0) is 11.3 Å². The lowest BCUT2D eigenvalue weighted by atomic mass is 9.99. The van der Waals surface area contributed by atoms with Crippen LogP contribution in [0.15, 0.2) is 41.0 Å². The first-order chi connectivity index (χ1) is 15.2. The average molecular weight is 429 g/mol. The Morgan fingerprint density at radius 3 is 2.77 bits per heavy atom. The molecular weight excluding hydrogens is 396 g/mol. The Balaban J connectivity index is 1.36. The van der Waals surface area contributed by atoms with Crippen molar-refractivity contribution in [3.63, 3.8) is 0 Å². The van der Waals surface area contributed by atoms with E-state index in [4.69, 9.17) is 18.6 Å². The van der Waals surface area contributed by atoms with Crippen LogP contribution in [0, 0.1) is 0 Å². The van der Waals surface area contributed by atoms with Gasteiger partial charge in [-0.15, -0.1) is 0 Å². The normalized spacial score (nSPS) is 19.9. The maximum absolute atomic E-state index is 12.8. The Kier molecular flexibility index (Phi) is 7.48. The highest BCUT2D eigenvalue weighted by molar-refractivity contribution is 5.91. The standard InChI is InChI=1S/C24H32N2O5/c1-28-21-8-7-19(18-25-11-15-29-16-12-25)17-23(21)31-14-9-20-5-2-3-10-26(20)24(27)22-6-4-13-30-22/h4,6-8,13,17,20H,2-3,5,9-12,14-16,18H2,1H3. The predicted octanol–water partition coefficient (Wildman–Crippen LogP) is 3.58. The third-order valence-electron chi connectivity index (χ3n) is 6.07. The summed E-state index contributed by atoms with van der Waals surface area (Å²) >= 11 is 0. The summed E-state index contributed by atoms with van der Waals surface area (Å²) in [5.74, 6) is 1.87. The number of hydrogen-bond donors (Lipinski definition) is 0. The van der Waals surface area contributed by atoms with Crippen molar-refractivity contribution in [3.05, 3.63) is 47.9 Å². The van der Waals surface area contributed by atoms with Crippen LogP contribution < -0.4 is 9.47 Å². The summed E-state index contributed by atoms with van der Waals surface area (Å²) in [5, 5.41) is 0. The van der Waals surface area contributed by atoms with E-state index in [1.165, 1.54) is 5.56 Å². The van der Waals surface area contributed by atoms with Crippen LogP contribution in [0.5, 0.6) is 11.5 Å². The number of hydrogen-bond acceptors (Lipinski definition) is 6. The molecule has 0 aliphatic carbocycles. The van der Waals surface area contributed by atoms with Gasteiger partial charge in [-0.05, 0) is 49.1 Å². The highest BCUT2D eigenvalue weighted by Crippen LogP contribution is 2.30. The third-order valence-corrected chi connectivity index (χ3v) is 6.07. The van der Waals surface area contributed by atoms with Crippen LogP contribution in [0.2, 0.25) is 0 Å². The SMILES string of the molecule is COc1ccc(CN2CCOCC2)cc1OCCC1CCCCN1C(=O)c1ccco1. The van der Waals surface area contributed by atoms with Gasteiger partial charge in [0, 0.05) is 38.6 Å². The monoisotopic (exact) mass is 428 g/mol. The van der Waals surface area contributed by atoms with Crippen LogP contribution in [0.25, 0.3) is 0 Å². The molecule has 0 N–H and O–H groups in total. The Morgan fingerprint density at radius 2 is 2.00 bits per heavy atom. The average Bonchev–Trinajstić information content (AvgIpc) is 3.35. The number of morpholine rings is 1. The maximum Gasteiger partial charge on any atom is 0.289 e. The summed E-state index contributed by atoms with van der Waals surface area (Å²) in [7, 11) is 1.66. The van der Waals surface area contributed by atoms with Crippen molar-refractivity contribution in [2.45, 2.75) is 38.3 Å². The number of carbonyl (C=O) groups is 1. The molecule has 1 atom stereocenters. The molecule has 4 rings (SSSR count). The third kappa shape index (κ3) is 5.60. The van der Waals surface area contributed by atoms with Gasteiger partial charge in [0.15, 0.2) is 17.3 Å². The zero-order valence-electron chi connectivity index (χ0n) is 18.3. The van der Waals surface area contributed by atoms with Crippen LogP contribution in [0.4, 0.5) is 0 Å². The molecule has 3 heterocycles. The molecule has 1 amide bonds. The van der Waals surface area contributed by atoms with Gasteiger partial charge in [0.05, 0.1) is 33.2 Å². The molecule has 2 aliphatic rings. The van der Waals surface area contributed by atoms with E-state index < -0.39 is 0 Å². The van der Waals surface area contributed by atoms with Crippen LogP contribution >= 0.6 is 0 Å².